The van der Waals surface area contributed by atoms with Gasteiger partial charge < -0.3 is 0 Å². The van der Waals surface area contributed by atoms with Gasteiger partial charge in [-0.05, 0) is 120 Å². The van der Waals surface area contributed by atoms with E-state index in [-0.39, 0.29) is 0 Å². The van der Waals surface area contributed by atoms with Crippen molar-refractivity contribution in [3.63, 3.8) is 0 Å². The molecule has 218 valence electrons. The van der Waals surface area contributed by atoms with E-state index in [1.165, 1.54) is 82.4 Å². The molecule has 2 aliphatic carbocycles. The van der Waals surface area contributed by atoms with Crippen LogP contribution in [0.1, 0.15) is 35.4 Å². The van der Waals surface area contributed by atoms with Gasteiger partial charge in [-0.1, -0.05) is 146 Å². The molecule has 0 aliphatic heterocycles. The van der Waals surface area contributed by atoms with Gasteiger partial charge in [-0.25, -0.2) is 0 Å². The van der Waals surface area contributed by atoms with Gasteiger partial charge in [0.2, 0.25) is 0 Å². The first kappa shape index (κ1) is 26.9. The number of hydrogen-bond acceptors (Lipinski definition) is 0. The molecule has 2 aliphatic rings. The van der Waals surface area contributed by atoms with Crippen molar-refractivity contribution in [3.8, 4) is 33.4 Å². The van der Waals surface area contributed by atoms with Crippen LogP contribution in [-0.2, 0) is 6.42 Å². The molecular weight excluding hydrogens is 553 g/mol. The lowest BCUT2D eigenvalue weighted by molar-refractivity contribution is 0.855. The Bertz CT molecular complexity index is 2380. The summed E-state index contributed by atoms with van der Waals surface area (Å²) in [6.07, 6.45) is 16.8. The van der Waals surface area contributed by atoms with Gasteiger partial charge in [0, 0.05) is 5.92 Å². The first-order chi connectivity index (χ1) is 22.8. The first-order valence-corrected chi connectivity index (χ1v) is 16.5. The van der Waals surface area contributed by atoms with E-state index in [4.69, 9.17) is 0 Å². The van der Waals surface area contributed by atoms with E-state index in [1.807, 2.05) is 0 Å². The maximum atomic E-state index is 2.40. The fourth-order valence-electron chi connectivity index (χ4n) is 7.72. The molecule has 7 aromatic carbocycles. The highest BCUT2D eigenvalue weighted by atomic mass is 14.3. The van der Waals surface area contributed by atoms with Crippen LogP contribution >= 0.6 is 0 Å². The van der Waals surface area contributed by atoms with E-state index in [1.54, 1.807) is 0 Å². The zero-order chi connectivity index (χ0) is 30.5. The summed E-state index contributed by atoms with van der Waals surface area (Å²) in [4.78, 5) is 0. The fourth-order valence-corrected chi connectivity index (χ4v) is 7.72. The summed E-state index contributed by atoms with van der Waals surface area (Å²) in [6.45, 7) is 0. The van der Waals surface area contributed by atoms with Crippen LogP contribution in [0, 0.1) is 0 Å². The molecule has 0 spiro atoms. The van der Waals surface area contributed by atoms with Crippen LogP contribution in [0.3, 0.4) is 0 Å². The molecule has 46 heavy (non-hydrogen) atoms. The highest BCUT2D eigenvalue weighted by molar-refractivity contribution is 6.11. The Morgan fingerprint density at radius 3 is 1.85 bits per heavy atom. The topological polar surface area (TPSA) is 0 Å². The molecule has 0 aromatic heterocycles. The maximum Gasteiger partial charge on any atom is 0.00559 e. The van der Waals surface area contributed by atoms with Gasteiger partial charge in [0.1, 0.15) is 0 Å². The molecule has 0 bridgehead atoms. The maximum absolute atomic E-state index is 2.40. The van der Waals surface area contributed by atoms with Crippen molar-refractivity contribution in [3.05, 3.63) is 174 Å². The van der Waals surface area contributed by atoms with E-state index in [2.05, 4.69) is 164 Å². The monoisotopic (exact) mass is 586 g/mol. The standard InChI is InChI=1S/C46H34/c1-3-11-31(12-4-1)33-19-21-37-29-39(25-23-35(37)27-33)45-41-15-7-9-17-43(41)46(44-18-10-8-16-42(44)45)40-26-24-36-28-34(20-22-38(36)30-40)32-13-5-2-6-14-32/h1-9,11,13-17,19-31H,10,12,18H2. The van der Waals surface area contributed by atoms with Crippen LogP contribution in [0.4, 0.5) is 0 Å². The molecule has 9 rings (SSSR count). The number of fused-ring (bicyclic) bond motifs is 4. The van der Waals surface area contributed by atoms with E-state index in [0.717, 1.165) is 19.3 Å². The Morgan fingerprint density at radius 2 is 1.11 bits per heavy atom. The predicted molar refractivity (Wildman–Crippen MR) is 198 cm³/mol. The molecule has 0 amide bonds. The minimum absolute atomic E-state index is 0.462. The fraction of sp³-hybridized carbons (Fsp3) is 0.0870. The van der Waals surface area contributed by atoms with Crippen LogP contribution in [-0.4, -0.2) is 0 Å². The molecule has 0 N–H and O–H groups in total. The van der Waals surface area contributed by atoms with Gasteiger partial charge in [-0.2, -0.15) is 0 Å². The van der Waals surface area contributed by atoms with Crippen molar-refractivity contribution in [2.75, 3.05) is 0 Å². The minimum atomic E-state index is 0.462. The second-order valence-electron chi connectivity index (χ2n) is 12.7. The molecule has 0 heteroatoms. The lowest BCUT2D eigenvalue weighted by Gasteiger charge is -2.24. The molecule has 1 atom stereocenters. The minimum Gasteiger partial charge on any atom is -0.0836 e. The normalized spacial score (nSPS) is 15.5. The van der Waals surface area contributed by atoms with Crippen LogP contribution in [0.2, 0.25) is 0 Å². The Hall–Kier alpha value is -5.46. The third-order valence-corrected chi connectivity index (χ3v) is 10.0. The SMILES string of the molecule is C1=CCC(c2ccc3cc(-c4c5c(c(-c6ccc7cc(-c8ccccc8)ccc7c6)c6ccccc46)CCC=C5)ccc3c2)C=C1. The zero-order valence-corrected chi connectivity index (χ0v) is 25.8. The first-order valence-electron chi connectivity index (χ1n) is 16.5. The summed E-state index contributed by atoms with van der Waals surface area (Å²) in [5, 5.41) is 7.80. The third kappa shape index (κ3) is 4.61. The summed E-state index contributed by atoms with van der Waals surface area (Å²) in [5.41, 5.74) is 12.1. The molecule has 0 heterocycles. The Labute approximate surface area is 270 Å². The van der Waals surface area contributed by atoms with Crippen molar-refractivity contribution >= 4 is 38.4 Å². The van der Waals surface area contributed by atoms with E-state index >= 15 is 0 Å². The van der Waals surface area contributed by atoms with Crippen LogP contribution in [0.25, 0.3) is 71.8 Å². The molecular formula is C46H34. The van der Waals surface area contributed by atoms with Gasteiger partial charge in [0.05, 0.1) is 0 Å². The molecule has 1 unspecified atom stereocenters. The average molecular weight is 587 g/mol. The van der Waals surface area contributed by atoms with E-state index in [0.29, 0.717) is 5.92 Å². The predicted octanol–water partition coefficient (Wildman–Crippen LogP) is 12.7. The lowest BCUT2D eigenvalue weighted by Crippen LogP contribution is -2.02. The number of rotatable bonds is 4. The van der Waals surface area contributed by atoms with Crippen molar-refractivity contribution in [1.29, 1.82) is 0 Å². The summed E-state index contributed by atoms with van der Waals surface area (Å²) >= 11 is 0. The van der Waals surface area contributed by atoms with Gasteiger partial charge >= 0.3 is 0 Å². The summed E-state index contributed by atoms with van der Waals surface area (Å²) < 4.78 is 0. The largest absolute Gasteiger partial charge is 0.0836 e. The highest BCUT2D eigenvalue weighted by Crippen LogP contribution is 2.45. The second kappa shape index (κ2) is 11.2. The molecule has 0 nitrogen and oxygen atoms in total. The van der Waals surface area contributed by atoms with E-state index < -0.39 is 0 Å². The molecule has 0 fully saturated rings. The van der Waals surface area contributed by atoms with Gasteiger partial charge in [-0.3, -0.25) is 0 Å². The van der Waals surface area contributed by atoms with Crippen molar-refractivity contribution in [1.82, 2.24) is 0 Å². The second-order valence-corrected chi connectivity index (χ2v) is 12.7. The number of allylic oxidation sites excluding steroid dienone is 5. The van der Waals surface area contributed by atoms with Crippen molar-refractivity contribution < 1.29 is 0 Å². The molecule has 0 radical (unpaired) electrons. The Morgan fingerprint density at radius 1 is 0.478 bits per heavy atom. The third-order valence-electron chi connectivity index (χ3n) is 10.0. The lowest BCUT2D eigenvalue weighted by atomic mass is 9.79. The Kier molecular flexibility index (Phi) is 6.53. The van der Waals surface area contributed by atoms with Gasteiger partial charge in [-0.15, -0.1) is 0 Å². The molecule has 0 saturated carbocycles. The van der Waals surface area contributed by atoms with E-state index in [9.17, 15) is 0 Å². The summed E-state index contributed by atoms with van der Waals surface area (Å²) in [6, 6.07) is 47.7. The quantitative estimate of drug-likeness (QED) is 0.192. The van der Waals surface area contributed by atoms with Crippen LogP contribution in [0.15, 0.2) is 158 Å². The number of hydrogen-bond donors (Lipinski definition) is 0. The number of benzene rings is 7. The molecule has 7 aromatic rings. The van der Waals surface area contributed by atoms with Crippen LogP contribution < -0.4 is 0 Å². The van der Waals surface area contributed by atoms with Gasteiger partial charge in [0.15, 0.2) is 0 Å². The average Bonchev–Trinajstić information content (AvgIpc) is 3.13. The Balaban J connectivity index is 1.19. The zero-order valence-electron chi connectivity index (χ0n) is 25.8. The van der Waals surface area contributed by atoms with Crippen molar-refractivity contribution in [2.24, 2.45) is 0 Å². The molecule has 0 saturated heterocycles. The van der Waals surface area contributed by atoms with Crippen LogP contribution in [0.5, 0.6) is 0 Å². The van der Waals surface area contributed by atoms with Crippen molar-refractivity contribution in [2.45, 2.75) is 25.2 Å². The summed E-state index contributed by atoms with van der Waals surface area (Å²) in [5.74, 6) is 0.462. The smallest absolute Gasteiger partial charge is 0.00559 e. The van der Waals surface area contributed by atoms with Gasteiger partial charge in [0.25, 0.3) is 0 Å². The summed E-state index contributed by atoms with van der Waals surface area (Å²) in [7, 11) is 0. The highest BCUT2D eigenvalue weighted by Gasteiger charge is 2.22.